The zero-order valence-electron chi connectivity index (χ0n) is 10.2. The van der Waals surface area contributed by atoms with Gasteiger partial charge in [0.05, 0.1) is 12.1 Å². The summed E-state index contributed by atoms with van der Waals surface area (Å²) in [6.45, 7) is 2.46. The van der Waals surface area contributed by atoms with Crippen LogP contribution in [-0.2, 0) is 4.79 Å². The van der Waals surface area contributed by atoms with Crippen LogP contribution in [0.1, 0.15) is 45.4 Å². The number of nitrogens with two attached hydrogens (primary N) is 1. The van der Waals surface area contributed by atoms with E-state index >= 15 is 0 Å². The summed E-state index contributed by atoms with van der Waals surface area (Å²) in [5.41, 5.74) is 5.07. The summed E-state index contributed by atoms with van der Waals surface area (Å²) in [6, 6.07) is 0. The van der Waals surface area contributed by atoms with Crippen LogP contribution in [0.3, 0.4) is 0 Å². The molecule has 0 radical (unpaired) electrons. The fraction of sp³-hybridized carbons (Fsp3) is 0.917. The average Bonchev–Trinajstić information content (AvgIpc) is 2.30. The highest BCUT2D eigenvalue weighted by atomic mass is 16.3. The standard InChI is InChI=1S/C12H24N2O2/c1-10(5-8-13)11(16)14-12(9-15)6-3-2-4-7-12/h10,15H,2-9,13H2,1H3,(H,14,16). The van der Waals surface area contributed by atoms with Crippen molar-refractivity contribution in [1.82, 2.24) is 5.32 Å². The first kappa shape index (κ1) is 13.5. The highest BCUT2D eigenvalue weighted by Crippen LogP contribution is 2.28. The maximum Gasteiger partial charge on any atom is 0.223 e. The van der Waals surface area contributed by atoms with Crippen molar-refractivity contribution in [2.45, 2.75) is 51.0 Å². The Kier molecular flexibility index (Phi) is 5.22. The summed E-state index contributed by atoms with van der Waals surface area (Å²) >= 11 is 0. The molecule has 16 heavy (non-hydrogen) atoms. The minimum absolute atomic E-state index is 0.0291. The predicted octanol–water partition coefficient (Wildman–Crippen LogP) is 0.783. The van der Waals surface area contributed by atoms with Gasteiger partial charge >= 0.3 is 0 Å². The van der Waals surface area contributed by atoms with Gasteiger partial charge in [0.1, 0.15) is 0 Å². The Morgan fingerprint density at radius 2 is 2.06 bits per heavy atom. The van der Waals surface area contributed by atoms with Crippen molar-refractivity contribution in [3.8, 4) is 0 Å². The van der Waals surface area contributed by atoms with Crippen LogP contribution in [0.25, 0.3) is 0 Å². The number of carbonyl (C=O) groups is 1. The Balaban J connectivity index is 2.51. The third-order valence-electron chi connectivity index (χ3n) is 3.55. The third-order valence-corrected chi connectivity index (χ3v) is 3.55. The first-order chi connectivity index (χ1) is 7.63. The van der Waals surface area contributed by atoms with E-state index in [0.717, 1.165) is 25.7 Å². The number of aliphatic hydroxyl groups is 1. The maximum absolute atomic E-state index is 11.9. The van der Waals surface area contributed by atoms with Crippen molar-refractivity contribution in [3.63, 3.8) is 0 Å². The molecule has 0 heterocycles. The third kappa shape index (κ3) is 3.46. The molecule has 4 N–H and O–H groups in total. The highest BCUT2D eigenvalue weighted by molar-refractivity contribution is 5.79. The van der Waals surface area contributed by atoms with Crippen LogP contribution in [0.4, 0.5) is 0 Å². The molecule has 0 aliphatic heterocycles. The number of rotatable bonds is 5. The van der Waals surface area contributed by atoms with E-state index in [9.17, 15) is 9.90 Å². The van der Waals surface area contributed by atoms with Gasteiger partial charge in [-0.1, -0.05) is 26.2 Å². The number of nitrogens with one attached hydrogen (secondary N) is 1. The van der Waals surface area contributed by atoms with Crippen LogP contribution in [0.5, 0.6) is 0 Å². The fourth-order valence-corrected chi connectivity index (χ4v) is 2.32. The summed E-state index contributed by atoms with van der Waals surface area (Å²) in [5.74, 6) is -0.0308. The van der Waals surface area contributed by atoms with E-state index < -0.39 is 0 Å². The highest BCUT2D eigenvalue weighted by Gasteiger charge is 2.33. The van der Waals surface area contributed by atoms with Crippen LogP contribution < -0.4 is 11.1 Å². The number of hydrogen-bond donors (Lipinski definition) is 3. The van der Waals surface area contributed by atoms with E-state index in [1.54, 1.807) is 0 Å². The zero-order chi connectivity index (χ0) is 12.0. The van der Waals surface area contributed by atoms with Gasteiger partial charge in [-0.2, -0.15) is 0 Å². The Hall–Kier alpha value is -0.610. The lowest BCUT2D eigenvalue weighted by atomic mass is 9.82. The quantitative estimate of drug-likeness (QED) is 0.651. The van der Waals surface area contributed by atoms with Crippen molar-refractivity contribution in [2.75, 3.05) is 13.2 Å². The van der Waals surface area contributed by atoms with Gasteiger partial charge < -0.3 is 16.2 Å². The lowest BCUT2D eigenvalue weighted by Gasteiger charge is -2.37. The predicted molar refractivity (Wildman–Crippen MR) is 63.9 cm³/mol. The summed E-state index contributed by atoms with van der Waals surface area (Å²) in [4.78, 5) is 11.9. The molecule has 1 aliphatic carbocycles. The molecule has 1 aliphatic rings. The molecule has 0 aromatic rings. The van der Waals surface area contributed by atoms with Gasteiger partial charge in [-0.05, 0) is 25.8 Å². The summed E-state index contributed by atoms with van der Waals surface area (Å²) in [6.07, 6.45) is 5.87. The van der Waals surface area contributed by atoms with Crippen LogP contribution in [0, 0.1) is 5.92 Å². The summed E-state index contributed by atoms with van der Waals surface area (Å²) < 4.78 is 0. The Labute approximate surface area is 97.6 Å². The van der Waals surface area contributed by atoms with Gasteiger partial charge in [0.15, 0.2) is 0 Å². The topological polar surface area (TPSA) is 75.4 Å². The van der Waals surface area contributed by atoms with Crippen molar-refractivity contribution in [2.24, 2.45) is 11.7 Å². The molecule has 1 saturated carbocycles. The van der Waals surface area contributed by atoms with Crippen molar-refractivity contribution < 1.29 is 9.90 Å². The van der Waals surface area contributed by atoms with E-state index in [0.29, 0.717) is 13.0 Å². The molecule has 94 valence electrons. The molecule has 1 amide bonds. The molecule has 1 atom stereocenters. The first-order valence-electron chi connectivity index (χ1n) is 6.26. The van der Waals surface area contributed by atoms with Crippen LogP contribution in [0.15, 0.2) is 0 Å². The molecule has 1 rings (SSSR count). The minimum atomic E-state index is -0.363. The molecule has 4 nitrogen and oxygen atoms in total. The smallest absolute Gasteiger partial charge is 0.223 e. The van der Waals surface area contributed by atoms with Gasteiger partial charge in [-0.15, -0.1) is 0 Å². The van der Waals surface area contributed by atoms with Crippen LogP contribution >= 0.6 is 0 Å². The Morgan fingerprint density at radius 1 is 1.44 bits per heavy atom. The second-order valence-electron chi connectivity index (χ2n) is 4.97. The number of aliphatic hydroxyl groups excluding tert-OH is 1. The van der Waals surface area contributed by atoms with Crippen molar-refractivity contribution in [3.05, 3.63) is 0 Å². The fourth-order valence-electron chi connectivity index (χ4n) is 2.32. The second-order valence-corrected chi connectivity index (χ2v) is 4.97. The lowest BCUT2D eigenvalue weighted by molar-refractivity contribution is -0.127. The van der Waals surface area contributed by atoms with Crippen molar-refractivity contribution >= 4 is 5.91 Å². The molecule has 4 heteroatoms. The summed E-state index contributed by atoms with van der Waals surface area (Å²) in [5, 5.41) is 12.5. The van der Waals surface area contributed by atoms with Gasteiger partial charge in [0.2, 0.25) is 5.91 Å². The summed E-state index contributed by atoms with van der Waals surface area (Å²) in [7, 11) is 0. The SMILES string of the molecule is CC(CCN)C(=O)NC1(CO)CCCCC1. The molecule has 1 fully saturated rings. The monoisotopic (exact) mass is 228 g/mol. The molecule has 0 aromatic heterocycles. The van der Waals surface area contributed by atoms with E-state index in [2.05, 4.69) is 5.32 Å². The number of amides is 1. The Bertz CT molecular complexity index is 225. The Morgan fingerprint density at radius 3 is 2.56 bits per heavy atom. The van der Waals surface area contributed by atoms with Gasteiger partial charge in [-0.3, -0.25) is 4.79 Å². The molecule has 1 unspecified atom stereocenters. The molecule has 0 spiro atoms. The number of carbonyl (C=O) groups excluding carboxylic acids is 1. The van der Waals surface area contributed by atoms with Crippen LogP contribution in [0.2, 0.25) is 0 Å². The van der Waals surface area contributed by atoms with E-state index in [1.807, 2.05) is 6.92 Å². The number of hydrogen-bond acceptors (Lipinski definition) is 3. The largest absolute Gasteiger partial charge is 0.394 e. The van der Waals surface area contributed by atoms with E-state index in [1.165, 1.54) is 6.42 Å². The average molecular weight is 228 g/mol. The van der Waals surface area contributed by atoms with E-state index in [-0.39, 0.29) is 24.0 Å². The lowest BCUT2D eigenvalue weighted by Crippen LogP contribution is -2.54. The normalized spacial score (nSPS) is 21.4. The minimum Gasteiger partial charge on any atom is -0.394 e. The van der Waals surface area contributed by atoms with E-state index in [4.69, 9.17) is 5.73 Å². The molecular formula is C12H24N2O2. The molecule has 0 bridgehead atoms. The van der Waals surface area contributed by atoms with Gasteiger partial charge in [0, 0.05) is 5.92 Å². The second kappa shape index (κ2) is 6.21. The van der Waals surface area contributed by atoms with Crippen LogP contribution in [-0.4, -0.2) is 29.7 Å². The zero-order valence-corrected chi connectivity index (χ0v) is 10.2. The van der Waals surface area contributed by atoms with Crippen molar-refractivity contribution in [1.29, 1.82) is 0 Å². The molecular weight excluding hydrogens is 204 g/mol. The molecule has 0 aromatic carbocycles. The van der Waals surface area contributed by atoms with Gasteiger partial charge in [0.25, 0.3) is 0 Å². The van der Waals surface area contributed by atoms with Gasteiger partial charge in [-0.25, -0.2) is 0 Å². The first-order valence-corrected chi connectivity index (χ1v) is 6.26. The molecule has 0 saturated heterocycles. The maximum atomic E-state index is 11.9.